The molecule has 5 rings (SSSR count). The summed E-state index contributed by atoms with van der Waals surface area (Å²) in [5.41, 5.74) is 6.36. The van der Waals surface area contributed by atoms with Crippen molar-refractivity contribution in [2.24, 2.45) is 0 Å². The van der Waals surface area contributed by atoms with Crippen molar-refractivity contribution in [3.05, 3.63) is 109 Å². The molecule has 0 bridgehead atoms. The van der Waals surface area contributed by atoms with Crippen LogP contribution in [0.2, 0.25) is 0 Å². The smallest absolute Gasteiger partial charge is 0.132 e. The van der Waals surface area contributed by atoms with E-state index < -0.39 is 0 Å². The Morgan fingerprint density at radius 2 is 0.692 bits per heavy atom. The van der Waals surface area contributed by atoms with Crippen LogP contribution in [0.3, 0.4) is 0 Å². The van der Waals surface area contributed by atoms with Crippen LogP contribution in [0.25, 0.3) is 44.5 Å². The second-order valence-electron chi connectivity index (χ2n) is 8.94. The molecule has 0 unspecified atom stereocenters. The third-order valence-electron chi connectivity index (χ3n) is 6.82. The zero-order chi connectivity index (χ0) is 27.4. The number of ether oxygens (including phenoxy) is 4. The van der Waals surface area contributed by atoms with Crippen LogP contribution in [-0.2, 0) is 0 Å². The number of benzene rings is 5. The zero-order valence-corrected chi connectivity index (χ0v) is 22.3. The molecule has 0 radical (unpaired) electrons. The first-order valence-corrected chi connectivity index (χ1v) is 12.5. The van der Waals surface area contributed by atoms with Crippen molar-refractivity contribution >= 4 is 0 Å². The van der Waals surface area contributed by atoms with Crippen molar-refractivity contribution in [3.8, 4) is 67.5 Å². The second-order valence-corrected chi connectivity index (χ2v) is 8.94. The molecule has 0 fully saturated rings. The Bertz CT molecular complexity index is 1560. The molecule has 5 heteroatoms. The summed E-state index contributed by atoms with van der Waals surface area (Å²) in [4.78, 5) is 0. The van der Waals surface area contributed by atoms with E-state index in [1.54, 1.807) is 34.5 Å². The van der Waals surface area contributed by atoms with Crippen LogP contribution in [0.4, 0.5) is 4.39 Å². The fourth-order valence-corrected chi connectivity index (χ4v) is 4.79. The normalized spacial score (nSPS) is 10.7. The molecule has 196 valence electrons. The lowest BCUT2D eigenvalue weighted by Crippen LogP contribution is -1.98. The Balaban J connectivity index is 1.88. The molecule has 0 amide bonds. The molecule has 0 aliphatic rings. The minimum Gasteiger partial charge on any atom is -0.497 e. The van der Waals surface area contributed by atoms with Crippen LogP contribution in [0.15, 0.2) is 103 Å². The molecule has 0 saturated carbocycles. The standard InChI is InChI=1S/C34H29FO4/c1-36-26-13-5-22(6-14-26)30-21-31(35)33(24-9-17-28(38-3)18-10-24)34(25-11-19-29(39-4)20-12-25)32(30)23-7-15-27(37-2)16-8-23/h5-21H,1-4H3. The molecule has 5 aromatic rings. The van der Waals surface area contributed by atoms with E-state index in [-0.39, 0.29) is 5.82 Å². The summed E-state index contributed by atoms with van der Waals surface area (Å²) in [5.74, 6) is 2.58. The predicted octanol–water partition coefficient (Wildman–Crippen LogP) is 8.53. The molecular formula is C34H29FO4. The minimum absolute atomic E-state index is 0.325. The summed E-state index contributed by atoms with van der Waals surface area (Å²) in [6.45, 7) is 0. The highest BCUT2D eigenvalue weighted by Crippen LogP contribution is 2.47. The van der Waals surface area contributed by atoms with Crippen LogP contribution >= 0.6 is 0 Å². The molecule has 39 heavy (non-hydrogen) atoms. The first kappa shape index (κ1) is 25.9. The lowest BCUT2D eigenvalue weighted by molar-refractivity contribution is 0.414. The summed E-state index contributed by atoms with van der Waals surface area (Å²) in [7, 11) is 6.51. The van der Waals surface area contributed by atoms with Crippen molar-refractivity contribution in [3.63, 3.8) is 0 Å². The maximum Gasteiger partial charge on any atom is 0.132 e. The van der Waals surface area contributed by atoms with Crippen LogP contribution in [0.1, 0.15) is 0 Å². The average molecular weight is 521 g/mol. The van der Waals surface area contributed by atoms with Gasteiger partial charge >= 0.3 is 0 Å². The number of rotatable bonds is 8. The molecule has 0 heterocycles. The van der Waals surface area contributed by atoms with E-state index in [2.05, 4.69) is 0 Å². The van der Waals surface area contributed by atoms with Gasteiger partial charge in [0, 0.05) is 11.1 Å². The maximum atomic E-state index is 16.4. The highest BCUT2D eigenvalue weighted by Gasteiger charge is 2.23. The highest BCUT2D eigenvalue weighted by atomic mass is 19.1. The van der Waals surface area contributed by atoms with Crippen LogP contribution in [0.5, 0.6) is 23.0 Å². The Labute approximate surface area is 228 Å². The van der Waals surface area contributed by atoms with E-state index in [0.717, 1.165) is 56.2 Å². The molecule has 0 atom stereocenters. The first-order valence-electron chi connectivity index (χ1n) is 12.5. The van der Waals surface area contributed by atoms with Crippen molar-refractivity contribution in [2.45, 2.75) is 0 Å². The lowest BCUT2D eigenvalue weighted by Gasteiger charge is -2.22. The average Bonchev–Trinajstić information content (AvgIpc) is 3.01. The van der Waals surface area contributed by atoms with Crippen molar-refractivity contribution in [1.82, 2.24) is 0 Å². The highest BCUT2D eigenvalue weighted by molar-refractivity contribution is 6.02. The van der Waals surface area contributed by atoms with E-state index in [0.29, 0.717) is 11.3 Å². The van der Waals surface area contributed by atoms with Gasteiger partial charge in [-0.25, -0.2) is 4.39 Å². The first-order chi connectivity index (χ1) is 19.1. The fraction of sp³-hybridized carbons (Fsp3) is 0.118. The molecule has 0 saturated heterocycles. The van der Waals surface area contributed by atoms with Gasteiger partial charge in [-0.2, -0.15) is 0 Å². The van der Waals surface area contributed by atoms with Gasteiger partial charge in [0.1, 0.15) is 28.8 Å². The number of hydrogen-bond acceptors (Lipinski definition) is 4. The van der Waals surface area contributed by atoms with Gasteiger partial charge in [0.05, 0.1) is 28.4 Å². The molecule has 0 aliphatic carbocycles. The lowest BCUT2D eigenvalue weighted by atomic mass is 9.82. The van der Waals surface area contributed by atoms with Gasteiger partial charge in [0.2, 0.25) is 0 Å². The molecule has 0 N–H and O–H groups in total. The summed E-state index contributed by atoms with van der Waals surface area (Å²) >= 11 is 0. The molecule has 5 aromatic carbocycles. The van der Waals surface area contributed by atoms with E-state index >= 15 is 4.39 Å². The van der Waals surface area contributed by atoms with Crippen LogP contribution in [0, 0.1) is 5.82 Å². The van der Waals surface area contributed by atoms with Gasteiger partial charge in [-0.1, -0.05) is 48.5 Å². The minimum atomic E-state index is -0.325. The SMILES string of the molecule is COc1ccc(-c2cc(F)c(-c3ccc(OC)cc3)c(-c3ccc(OC)cc3)c2-c2ccc(OC)cc2)cc1. The summed E-state index contributed by atoms with van der Waals surface area (Å²) in [6.07, 6.45) is 0. The van der Waals surface area contributed by atoms with E-state index in [4.69, 9.17) is 18.9 Å². The van der Waals surface area contributed by atoms with Gasteiger partial charge in [0.25, 0.3) is 0 Å². The molecular weight excluding hydrogens is 491 g/mol. The molecule has 4 nitrogen and oxygen atoms in total. The predicted molar refractivity (Wildman–Crippen MR) is 154 cm³/mol. The van der Waals surface area contributed by atoms with Gasteiger partial charge in [0.15, 0.2) is 0 Å². The van der Waals surface area contributed by atoms with E-state index in [9.17, 15) is 0 Å². The Morgan fingerprint density at radius 3 is 1.05 bits per heavy atom. The molecule has 0 aromatic heterocycles. The van der Waals surface area contributed by atoms with Gasteiger partial charge in [-0.15, -0.1) is 0 Å². The largest absolute Gasteiger partial charge is 0.497 e. The molecule has 0 aliphatic heterocycles. The number of halogens is 1. The third-order valence-corrected chi connectivity index (χ3v) is 6.82. The van der Waals surface area contributed by atoms with Crippen molar-refractivity contribution in [2.75, 3.05) is 28.4 Å². The van der Waals surface area contributed by atoms with Gasteiger partial charge in [-0.05, 0) is 88.0 Å². The quantitative estimate of drug-likeness (QED) is 0.205. The summed E-state index contributed by atoms with van der Waals surface area (Å²) < 4.78 is 37.9. The Morgan fingerprint density at radius 1 is 0.385 bits per heavy atom. The second kappa shape index (κ2) is 11.3. The zero-order valence-electron chi connectivity index (χ0n) is 22.3. The van der Waals surface area contributed by atoms with Crippen molar-refractivity contribution in [1.29, 1.82) is 0 Å². The number of hydrogen-bond donors (Lipinski definition) is 0. The van der Waals surface area contributed by atoms with Crippen LogP contribution < -0.4 is 18.9 Å². The monoisotopic (exact) mass is 520 g/mol. The summed E-state index contributed by atoms with van der Waals surface area (Å²) in [6, 6.07) is 32.3. The topological polar surface area (TPSA) is 36.9 Å². The Hall–Kier alpha value is -4.77. The number of methoxy groups -OCH3 is 4. The van der Waals surface area contributed by atoms with Gasteiger partial charge < -0.3 is 18.9 Å². The van der Waals surface area contributed by atoms with Crippen molar-refractivity contribution < 1.29 is 23.3 Å². The summed E-state index contributed by atoms with van der Waals surface area (Å²) in [5, 5.41) is 0. The fourth-order valence-electron chi connectivity index (χ4n) is 4.79. The maximum absolute atomic E-state index is 16.4. The molecule has 0 spiro atoms. The van der Waals surface area contributed by atoms with E-state index in [1.165, 1.54) is 0 Å². The van der Waals surface area contributed by atoms with Crippen LogP contribution in [-0.4, -0.2) is 28.4 Å². The Kier molecular flexibility index (Phi) is 7.50. The van der Waals surface area contributed by atoms with E-state index in [1.807, 2.05) is 97.1 Å². The van der Waals surface area contributed by atoms with Gasteiger partial charge in [-0.3, -0.25) is 0 Å². The third kappa shape index (κ3) is 5.16.